The van der Waals surface area contributed by atoms with E-state index in [2.05, 4.69) is 0 Å². The van der Waals surface area contributed by atoms with Gasteiger partial charge in [0.2, 0.25) is 0 Å². The van der Waals surface area contributed by atoms with Gasteiger partial charge in [0.15, 0.2) is 0 Å². The number of fused-ring (bicyclic) bond motifs is 1. The van der Waals surface area contributed by atoms with Crippen LogP contribution in [-0.4, -0.2) is 45.2 Å². The molecule has 4 heterocycles. The molecule has 0 radical (unpaired) electrons. The van der Waals surface area contributed by atoms with Crippen LogP contribution in [-0.2, 0) is 9.47 Å². The molecule has 0 aliphatic carbocycles. The first-order valence-electron chi connectivity index (χ1n) is 7.53. The molecule has 0 amide bonds. The van der Waals surface area contributed by atoms with Crippen molar-refractivity contribution in [1.82, 2.24) is 4.90 Å². The maximum Gasteiger partial charge on any atom is 0.324 e. The van der Waals surface area contributed by atoms with Crippen molar-refractivity contribution in [2.45, 2.75) is 18.0 Å². The minimum atomic E-state index is -0.789. The van der Waals surface area contributed by atoms with E-state index in [0.717, 1.165) is 22.7 Å². The van der Waals surface area contributed by atoms with Gasteiger partial charge < -0.3 is 14.6 Å². The molecule has 2 atom stereocenters. The molecule has 2 unspecified atom stereocenters. The predicted octanol–water partition coefficient (Wildman–Crippen LogP) is 2.42. The molecule has 2 saturated heterocycles. The van der Waals surface area contributed by atoms with Gasteiger partial charge in [-0.05, 0) is 0 Å². The van der Waals surface area contributed by atoms with Gasteiger partial charge in [-0.2, -0.15) is 0 Å². The summed E-state index contributed by atoms with van der Waals surface area (Å²) in [6, 6.07) is 2.88. The van der Waals surface area contributed by atoms with E-state index in [1.54, 1.807) is 10.8 Å². The zero-order chi connectivity index (χ0) is 18.5. The van der Waals surface area contributed by atoms with Crippen LogP contribution < -0.4 is 0 Å². The van der Waals surface area contributed by atoms with Gasteiger partial charge in [0, 0.05) is 34.0 Å². The largest absolute Gasteiger partial charge is 0.394 e. The second kappa shape index (κ2) is 6.33. The number of thiophene rings is 2. The topological polar surface area (TPSA) is 128 Å². The summed E-state index contributed by atoms with van der Waals surface area (Å²) in [6.45, 7) is 0.166. The van der Waals surface area contributed by atoms with Gasteiger partial charge in [-0.15, -0.1) is 0 Å². The number of aliphatic hydroxyl groups excluding tert-OH is 1. The SMILES string of the molecule is O=[N+]([O-])c1cc(C2OCC3(CO)COC(c4csc([N+](=O)[O-])c4)N23)cs1. The number of rotatable bonds is 5. The van der Waals surface area contributed by atoms with Crippen LogP contribution in [0.15, 0.2) is 22.9 Å². The maximum absolute atomic E-state index is 11.0. The number of hydrogen-bond acceptors (Lipinski definition) is 10. The number of aliphatic hydroxyl groups is 1. The standard InChI is InChI=1S/C14H13N3O7S2/c18-5-14-6-23-12(8-1-10(16(19)20)25-3-8)15(14)13(24-7-14)9-2-11(17(21)22)26-4-9/h1-4,12-13,18H,5-7H2. The summed E-state index contributed by atoms with van der Waals surface area (Å²) in [7, 11) is 0. The molecule has 138 valence electrons. The first-order chi connectivity index (χ1) is 12.4. The molecule has 0 spiro atoms. The van der Waals surface area contributed by atoms with Crippen LogP contribution in [0, 0.1) is 20.2 Å². The third-order valence-electron chi connectivity index (χ3n) is 4.51. The van der Waals surface area contributed by atoms with Crippen molar-refractivity contribution >= 4 is 32.7 Å². The molecule has 4 rings (SSSR count). The van der Waals surface area contributed by atoms with Gasteiger partial charge in [-0.25, -0.2) is 4.90 Å². The van der Waals surface area contributed by atoms with Gasteiger partial charge in [0.25, 0.3) is 0 Å². The Labute approximate surface area is 154 Å². The highest BCUT2D eigenvalue weighted by Crippen LogP contribution is 2.50. The molecule has 0 aromatic carbocycles. The Morgan fingerprint density at radius 2 is 1.54 bits per heavy atom. The zero-order valence-corrected chi connectivity index (χ0v) is 14.8. The number of hydrogen-bond donors (Lipinski definition) is 1. The molecular formula is C14H13N3O7S2. The van der Waals surface area contributed by atoms with Crippen molar-refractivity contribution in [1.29, 1.82) is 0 Å². The highest BCUT2D eigenvalue weighted by Gasteiger charge is 2.57. The molecule has 2 aliphatic heterocycles. The molecule has 0 bridgehead atoms. The Balaban J connectivity index is 1.70. The average Bonchev–Trinajstić information content (AvgIpc) is 3.36. The summed E-state index contributed by atoms with van der Waals surface area (Å²) in [6.07, 6.45) is -1.28. The first kappa shape index (κ1) is 17.5. The summed E-state index contributed by atoms with van der Waals surface area (Å²) >= 11 is 1.99. The van der Waals surface area contributed by atoms with Crippen molar-refractivity contribution in [3.05, 3.63) is 54.2 Å². The second-order valence-electron chi connectivity index (χ2n) is 6.07. The van der Waals surface area contributed by atoms with Crippen molar-refractivity contribution in [2.24, 2.45) is 0 Å². The Hall–Kier alpha value is -1.96. The Bertz CT molecular complexity index is 802. The summed E-state index contributed by atoms with van der Waals surface area (Å²) in [4.78, 5) is 22.8. The van der Waals surface area contributed by atoms with E-state index >= 15 is 0 Å². The van der Waals surface area contributed by atoms with E-state index < -0.39 is 27.8 Å². The van der Waals surface area contributed by atoms with Crippen LogP contribution in [0.4, 0.5) is 10.0 Å². The molecule has 2 aromatic rings. The molecule has 1 N–H and O–H groups in total. The molecule has 10 nitrogen and oxygen atoms in total. The predicted molar refractivity (Wildman–Crippen MR) is 91.0 cm³/mol. The Morgan fingerprint density at radius 3 is 1.88 bits per heavy atom. The molecule has 2 fully saturated rings. The highest BCUT2D eigenvalue weighted by atomic mass is 32.1. The van der Waals surface area contributed by atoms with Crippen molar-refractivity contribution < 1.29 is 24.4 Å². The van der Waals surface area contributed by atoms with Gasteiger partial charge in [-0.3, -0.25) is 20.2 Å². The van der Waals surface area contributed by atoms with Crippen molar-refractivity contribution in [3.8, 4) is 0 Å². The van der Waals surface area contributed by atoms with Gasteiger partial charge in [0.05, 0.1) is 35.2 Å². The van der Waals surface area contributed by atoms with E-state index in [1.165, 1.54) is 12.1 Å². The van der Waals surface area contributed by atoms with Crippen LogP contribution in [0.25, 0.3) is 0 Å². The van der Waals surface area contributed by atoms with Crippen molar-refractivity contribution in [3.63, 3.8) is 0 Å². The summed E-state index contributed by atoms with van der Waals surface area (Å²) in [5.74, 6) is 0. The van der Waals surface area contributed by atoms with E-state index in [9.17, 15) is 25.3 Å². The normalized spacial score (nSPS) is 28.3. The van der Waals surface area contributed by atoms with E-state index in [1.807, 2.05) is 4.90 Å². The Morgan fingerprint density at radius 1 is 1.08 bits per heavy atom. The van der Waals surface area contributed by atoms with Crippen molar-refractivity contribution in [2.75, 3.05) is 19.8 Å². The molecule has 0 saturated carbocycles. The van der Waals surface area contributed by atoms with E-state index in [-0.39, 0.29) is 29.8 Å². The number of nitrogens with zero attached hydrogens (tertiary/aromatic N) is 3. The lowest BCUT2D eigenvalue weighted by Gasteiger charge is -2.32. The quantitative estimate of drug-likeness (QED) is 0.599. The summed E-state index contributed by atoms with van der Waals surface area (Å²) in [5, 5.41) is 35.1. The van der Waals surface area contributed by atoms with Crippen LogP contribution in [0.1, 0.15) is 23.6 Å². The van der Waals surface area contributed by atoms with Crippen LogP contribution >= 0.6 is 22.7 Å². The molecular weight excluding hydrogens is 386 g/mol. The van der Waals surface area contributed by atoms with Gasteiger partial charge >= 0.3 is 10.0 Å². The van der Waals surface area contributed by atoms with Crippen LogP contribution in [0.2, 0.25) is 0 Å². The molecule has 2 aliphatic rings. The zero-order valence-electron chi connectivity index (χ0n) is 13.1. The molecule has 12 heteroatoms. The monoisotopic (exact) mass is 399 g/mol. The third-order valence-corrected chi connectivity index (χ3v) is 6.31. The first-order valence-corrected chi connectivity index (χ1v) is 9.29. The number of ether oxygens (including phenoxy) is 2. The van der Waals surface area contributed by atoms with Crippen LogP contribution in [0.5, 0.6) is 0 Å². The van der Waals surface area contributed by atoms with Gasteiger partial charge in [-0.1, -0.05) is 22.7 Å². The smallest absolute Gasteiger partial charge is 0.324 e. The summed E-state index contributed by atoms with van der Waals surface area (Å²) in [5.41, 5.74) is 0.400. The highest BCUT2D eigenvalue weighted by molar-refractivity contribution is 7.13. The average molecular weight is 399 g/mol. The lowest BCUT2D eigenvalue weighted by molar-refractivity contribution is -0.380. The Kier molecular flexibility index (Phi) is 4.25. The maximum atomic E-state index is 11.0. The summed E-state index contributed by atoms with van der Waals surface area (Å²) < 4.78 is 11.7. The minimum absolute atomic E-state index is 0.00654. The fourth-order valence-electron chi connectivity index (χ4n) is 3.26. The van der Waals surface area contributed by atoms with E-state index in [0.29, 0.717) is 11.1 Å². The molecule has 26 heavy (non-hydrogen) atoms. The minimum Gasteiger partial charge on any atom is -0.394 e. The lowest BCUT2D eigenvalue weighted by Crippen LogP contribution is -2.47. The van der Waals surface area contributed by atoms with Crippen LogP contribution in [0.3, 0.4) is 0 Å². The second-order valence-corrected chi connectivity index (χ2v) is 7.85. The van der Waals surface area contributed by atoms with E-state index in [4.69, 9.17) is 9.47 Å². The number of nitro groups is 2. The molecule has 2 aromatic heterocycles. The fourth-order valence-corrected chi connectivity index (χ4v) is 4.72. The third kappa shape index (κ3) is 2.62. The fraction of sp³-hybridized carbons (Fsp3) is 0.429. The lowest BCUT2D eigenvalue weighted by atomic mass is 10.0. The van der Waals surface area contributed by atoms with Gasteiger partial charge in [0.1, 0.15) is 12.5 Å².